The fourth-order valence-corrected chi connectivity index (χ4v) is 11.1. The van der Waals surface area contributed by atoms with Crippen molar-refractivity contribution in [2.45, 2.75) is 130 Å². The zero-order valence-electron chi connectivity index (χ0n) is 42.2. The number of hydrogen-bond acceptors (Lipinski definition) is 9. The highest BCUT2D eigenvalue weighted by Crippen LogP contribution is 2.50. The quantitative estimate of drug-likeness (QED) is 0.0740. The molecule has 4 aromatic carbocycles. The number of ether oxygens (including phenoxy) is 2. The van der Waals surface area contributed by atoms with Crippen LogP contribution in [0.25, 0.3) is 16.0 Å². The standard InChI is InChI=1S/C57H66F3N5O6S/c1-34-22-44-43-16-9-8-15-40(43)24-45(44)51(65(34)32-57(6,7)60)50-46(58)26-42(27-47(50)59)71-21-11-14-36-12-10-13-38(23-36)30-70-31-49(67)63-53(56(3,4)5)55(69)64-29-41(66)25-48(64)54(68)61-28-37-17-19-39(20-18-37)52-35(2)62-33-72-52/h8-10,12-13,15-20,23,26-27,33-34,41,48,51,53,66H,11,14,21-22,24-25,28-32H2,1-7H3,(H,61,68)(H,63,67)/t34-,41-,48+,51+,53-/m1/s1. The van der Waals surface area contributed by atoms with Gasteiger partial charge in [0, 0.05) is 49.8 Å². The largest absolute Gasteiger partial charge is 0.493 e. The van der Waals surface area contributed by atoms with Gasteiger partial charge in [-0.1, -0.05) is 93.6 Å². The fraction of sp³-hybridized carbons (Fsp3) is 0.439. The number of hydrogen-bond donors (Lipinski definition) is 3. The zero-order valence-corrected chi connectivity index (χ0v) is 43.0. The molecule has 1 aromatic heterocycles. The lowest BCUT2D eigenvalue weighted by molar-refractivity contribution is -0.144. The third-order valence-electron chi connectivity index (χ3n) is 13.8. The lowest BCUT2D eigenvalue weighted by Crippen LogP contribution is -2.58. The molecule has 382 valence electrons. The molecule has 3 N–H and O–H groups in total. The summed E-state index contributed by atoms with van der Waals surface area (Å²) >= 11 is 1.56. The molecule has 3 amide bonds. The summed E-state index contributed by atoms with van der Waals surface area (Å²) in [5.41, 5.74) is 8.28. The van der Waals surface area contributed by atoms with E-state index >= 15 is 13.2 Å². The molecule has 8 rings (SSSR count). The average molecular weight is 1010 g/mol. The first-order valence-electron chi connectivity index (χ1n) is 24.8. The maximum absolute atomic E-state index is 16.2. The summed E-state index contributed by atoms with van der Waals surface area (Å²) in [5.74, 6) is -2.74. The second-order valence-corrected chi connectivity index (χ2v) is 22.0. The van der Waals surface area contributed by atoms with Crippen LogP contribution in [0.2, 0.25) is 0 Å². The number of halogens is 3. The Morgan fingerprint density at radius 3 is 2.36 bits per heavy atom. The minimum absolute atomic E-state index is 0.0232. The van der Waals surface area contributed by atoms with Gasteiger partial charge in [0.25, 0.3) is 0 Å². The molecule has 11 nitrogen and oxygen atoms in total. The van der Waals surface area contributed by atoms with Crippen molar-refractivity contribution in [1.82, 2.24) is 25.4 Å². The maximum atomic E-state index is 16.2. The number of benzene rings is 4. The molecule has 0 bridgehead atoms. The van der Waals surface area contributed by atoms with E-state index in [1.807, 2.05) is 106 Å². The van der Waals surface area contributed by atoms with E-state index in [-0.39, 0.29) is 69.1 Å². The molecule has 15 heteroatoms. The van der Waals surface area contributed by atoms with E-state index in [9.17, 15) is 19.5 Å². The van der Waals surface area contributed by atoms with Gasteiger partial charge in [-0.15, -0.1) is 11.3 Å². The number of alkyl halides is 1. The number of aliphatic hydroxyl groups excluding tert-OH is 1. The molecule has 0 saturated carbocycles. The van der Waals surface area contributed by atoms with Crippen LogP contribution in [0, 0.1) is 24.0 Å². The lowest BCUT2D eigenvalue weighted by atomic mass is 9.84. The first-order chi connectivity index (χ1) is 34.2. The number of nitrogens with zero attached hydrogens (tertiary/aromatic N) is 3. The van der Waals surface area contributed by atoms with Crippen molar-refractivity contribution in [2.24, 2.45) is 5.41 Å². The first-order valence-corrected chi connectivity index (χ1v) is 25.7. The van der Waals surface area contributed by atoms with Gasteiger partial charge in [-0.05, 0) is 103 Å². The number of aromatic nitrogens is 1. The van der Waals surface area contributed by atoms with Crippen LogP contribution >= 0.6 is 11.3 Å². The highest BCUT2D eigenvalue weighted by Gasteiger charge is 2.45. The van der Waals surface area contributed by atoms with Crippen LogP contribution in [0.4, 0.5) is 13.2 Å². The molecular weight excluding hydrogens is 940 g/mol. The van der Waals surface area contributed by atoms with Gasteiger partial charge in [-0.25, -0.2) is 18.2 Å². The molecule has 5 aromatic rings. The second kappa shape index (κ2) is 22.1. The molecule has 72 heavy (non-hydrogen) atoms. The van der Waals surface area contributed by atoms with Gasteiger partial charge in [0.1, 0.15) is 41.7 Å². The number of carbonyl (C=O) groups excluding carboxylic acids is 3. The Hall–Kier alpha value is -5.87. The molecule has 3 heterocycles. The minimum Gasteiger partial charge on any atom is -0.493 e. The summed E-state index contributed by atoms with van der Waals surface area (Å²) in [6, 6.07) is 23.2. The molecular formula is C57H66F3N5O6S. The van der Waals surface area contributed by atoms with Gasteiger partial charge in [-0.3, -0.25) is 19.3 Å². The van der Waals surface area contributed by atoms with Gasteiger partial charge >= 0.3 is 0 Å². The fourth-order valence-electron chi connectivity index (χ4n) is 10.3. The van der Waals surface area contributed by atoms with E-state index in [2.05, 4.69) is 21.7 Å². The van der Waals surface area contributed by atoms with Gasteiger partial charge in [0.15, 0.2) is 0 Å². The van der Waals surface area contributed by atoms with Gasteiger partial charge in [0.05, 0.1) is 41.4 Å². The predicted octanol–water partition coefficient (Wildman–Crippen LogP) is 9.63. The van der Waals surface area contributed by atoms with E-state index in [0.717, 1.165) is 55.1 Å². The lowest BCUT2D eigenvalue weighted by Gasteiger charge is -2.44. The Labute approximate surface area is 424 Å². The van der Waals surface area contributed by atoms with E-state index in [4.69, 9.17) is 9.47 Å². The SMILES string of the molecule is Cc1ncsc1-c1ccc(CNC(=O)[C@@H]2C[C@@H](O)CN2C(=O)[C@@H](NC(=O)COCc2cccc(CCCOc3cc(F)c([C@@H]4C5=C(C[C@@H](C)N4CC(C)(C)F)c4ccccc4C5)c(F)c3)c2)C(C)(C)C)cc1. The Morgan fingerprint density at radius 2 is 1.67 bits per heavy atom. The molecule has 0 spiro atoms. The van der Waals surface area contributed by atoms with Crippen molar-refractivity contribution in [1.29, 1.82) is 0 Å². The molecule has 1 fully saturated rings. The Balaban J connectivity index is 0.815. The van der Waals surface area contributed by atoms with Crippen molar-refractivity contribution in [3.63, 3.8) is 0 Å². The van der Waals surface area contributed by atoms with E-state index in [1.165, 1.54) is 30.9 Å². The summed E-state index contributed by atoms with van der Waals surface area (Å²) in [7, 11) is 0. The minimum atomic E-state index is -1.58. The summed E-state index contributed by atoms with van der Waals surface area (Å²) in [5, 5.41) is 16.4. The molecule has 0 radical (unpaired) electrons. The van der Waals surface area contributed by atoms with Crippen LogP contribution in [-0.4, -0.2) is 93.8 Å². The van der Waals surface area contributed by atoms with Gasteiger partial charge < -0.3 is 30.1 Å². The summed E-state index contributed by atoms with van der Waals surface area (Å²) in [6.07, 6.45) is 1.55. The average Bonchev–Trinajstić information content (AvgIpc) is 4.05. The topological polar surface area (TPSA) is 133 Å². The molecule has 1 saturated heterocycles. The van der Waals surface area contributed by atoms with E-state index in [1.54, 1.807) is 16.8 Å². The summed E-state index contributed by atoms with van der Waals surface area (Å²) in [6.45, 7) is 12.6. The van der Waals surface area contributed by atoms with Crippen LogP contribution in [-0.2, 0) is 45.1 Å². The number of likely N-dealkylation sites (tertiary alicyclic amines) is 1. The van der Waals surface area contributed by atoms with Crippen molar-refractivity contribution in [2.75, 3.05) is 26.3 Å². The monoisotopic (exact) mass is 1010 g/mol. The van der Waals surface area contributed by atoms with Crippen LogP contribution < -0.4 is 15.4 Å². The number of aliphatic hydroxyl groups is 1. The number of thiazole rings is 1. The highest BCUT2D eigenvalue weighted by atomic mass is 32.1. The third-order valence-corrected chi connectivity index (χ3v) is 14.8. The number of carbonyl (C=O) groups is 3. The highest BCUT2D eigenvalue weighted by molar-refractivity contribution is 7.13. The molecule has 2 aliphatic heterocycles. The number of amides is 3. The summed E-state index contributed by atoms with van der Waals surface area (Å²) < 4.78 is 59.4. The number of fused-ring (bicyclic) bond motifs is 2. The Bertz CT molecular complexity index is 2780. The van der Waals surface area contributed by atoms with Crippen LogP contribution in [0.5, 0.6) is 5.75 Å². The first kappa shape index (κ1) is 52.5. The maximum Gasteiger partial charge on any atom is 0.246 e. The van der Waals surface area contributed by atoms with E-state index < -0.39 is 58.8 Å². The van der Waals surface area contributed by atoms with E-state index in [0.29, 0.717) is 25.7 Å². The molecule has 1 aliphatic carbocycles. The number of β-amino-alcohol motifs (C(OH)–C–C–N with tert-alkyl or cyclic N) is 1. The van der Waals surface area contributed by atoms with Crippen LogP contribution in [0.15, 0.2) is 96.0 Å². The number of rotatable bonds is 18. The third kappa shape index (κ3) is 12.3. The van der Waals surface area contributed by atoms with Gasteiger partial charge in [0.2, 0.25) is 17.7 Å². The van der Waals surface area contributed by atoms with Crippen molar-refractivity contribution < 1.29 is 42.1 Å². The normalized spacial score (nSPS) is 19.5. The second-order valence-electron chi connectivity index (χ2n) is 21.2. The predicted molar refractivity (Wildman–Crippen MR) is 274 cm³/mol. The smallest absolute Gasteiger partial charge is 0.246 e. The van der Waals surface area contributed by atoms with Crippen molar-refractivity contribution >= 4 is 34.6 Å². The zero-order chi connectivity index (χ0) is 51.5. The molecule has 5 atom stereocenters. The number of nitrogens with one attached hydrogen (secondary N) is 2. The van der Waals surface area contributed by atoms with Gasteiger partial charge in [-0.2, -0.15) is 0 Å². The number of aryl methyl sites for hydroxylation is 2. The van der Waals surface area contributed by atoms with Crippen molar-refractivity contribution in [3.8, 4) is 16.2 Å². The van der Waals surface area contributed by atoms with Crippen molar-refractivity contribution in [3.05, 3.63) is 147 Å². The van der Waals surface area contributed by atoms with Crippen LogP contribution in [0.3, 0.4) is 0 Å². The Kier molecular flexibility index (Phi) is 16.1. The van der Waals surface area contributed by atoms with Crippen LogP contribution in [0.1, 0.15) is 106 Å². The summed E-state index contributed by atoms with van der Waals surface area (Å²) in [4.78, 5) is 49.6. The Morgan fingerprint density at radius 1 is 0.944 bits per heavy atom. The molecule has 3 aliphatic rings. The molecule has 0 unspecified atom stereocenters.